The largest absolute Gasteiger partial charge is 0.508 e. The zero-order valence-electron chi connectivity index (χ0n) is 10.3. The lowest BCUT2D eigenvalue weighted by Crippen LogP contribution is -2.15. The molecule has 1 heterocycles. The number of rotatable bonds is 2. The Morgan fingerprint density at radius 3 is 2.67 bits per heavy atom. The molecule has 0 aliphatic carbocycles. The van der Waals surface area contributed by atoms with Gasteiger partial charge in [0, 0.05) is 18.0 Å². The van der Waals surface area contributed by atoms with Crippen molar-refractivity contribution in [3.63, 3.8) is 0 Å². The molecule has 1 amide bonds. The number of pyridine rings is 1. The van der Waals surface area contributed by atoms with Crippen LogP contribution in [0.25, 0.3) is 0 Å². The molecule has 0 spiro atoms. The van der Waals surface area contributed by atoms with Gasteiger partial charge in [-0.05, 0) is 37.1 Å². The van der Waals surface area contributed by atoms with Gasteiger partial charge in [0.1, 0.15) is 11.4 Å². The van der Waals surface area contributed by atoms with Crippen molar-refractivity contribution in [2.24, 2.45) is 0 Å². The number of phenols is 1. The second-order valence-corrected chi connectivity index (χ2v) is 4.12. The van der Waals surface area contributed by atoms with Gasteiger partial charge in [0.25, 0.3) is 5.91 Å². The third-order valence-electron chi connectivity index (χ3n) is 2.69. The van der Waals surface area contributed by atoms with E-state index in [2.05, 4.69) is 10.3 Å². The Morgan fingerprint density at radius 2 is 2.00 bits per heavy atom. The molecule has 0 aliphatic heterocycles. The van der Waals surface area contributed by atoms with Crippen molar-refractivity contribution in [3.8, 4) is 5.75 Å². The van der Waals surface area contributed by atoms with Crippen LogP contribution in [-0.4, -0.2) is 16.0 Å². The Hall–Kier alpha value is -2.36. The number of aromatic hydroxyl groups is 1. The monoisotopic (exact) mass is 242 g/mol. The van der Waals surface area contributed by atoms with Crippen molar-refractivity contribution >= 4 is 11.6 Å². The standard InChI is InChI=1S/C14H14N2O2/c1-9-5-6-11(8-12(9)17)16-14(18)13-10(2)4-3-7-15-13/h3-8,17H,1-2H3,(H,16,18). The number of amides is 1. The van der Waals surface area contributed by atoms with Gasteiger partial charge in [-0.3, -0.25) is 9.78 Å². The second-order valence-electron chi connectivity index (χ2n) is 4.12. The van der Waals surface area contributed by atoms with E-state index in [9.17, 15) is 9.90 Å². The van der Waals surface area contributed by atoms with E-state index in [0.717, 1.165) is 11.1 Å². The van der Waals surface area contributed by atoms with E-state index in [1.807, 2.05) is 13.0 Å². The molecule has 0 aliphatic rings. The van der Waals surface area contributed by atoms with E-state index in [1.165, 1.54) is 6.07 Å². The number of hydrogen-bond donors (Lipinski definition) is 2. The molecule has 0 bridgehead atoms. The molecule has 0 unspecified atom stereocenters. The highest BCUT2D eigenvalue weighted by atomic mass is 16.3. The molecule has 2 N–H and O–H groups in total. The first-order chi connectivity index (χ1) is 8.58. The van der Waals surface area contributed by atoms with Gasteiger partial charge < -0.3 is 10.4 Å². The third kappa shape index (κ3) is 2.48. The minimum absolute atomic E-state index is 0.158. The van der Waals surface area contributed by atoms with E-state index < -0.39 is 0 Å². The second kappa shape index (κ2) is 4.87. The molecule has 0 saturated carbocycles. The molecule has 0 saturated heterocycles. The first kappa shape index (κ1) is 12.1. The number of hydrogen-bond acceptors (Lipinski definition) is 3. The van der Waals surface area contributed by atoms with Crippen LogP contribution in [0.15, 0.2) is 36.5 Å². The highest BCUT2D eigenvalue weighted by Crippen LogP contribution is 2.21. The number of phenolic OH excluding ortho intramolecular Hbond substituents is 1. The fourth-order valence-corrected chi connectivity index (χ4v) is 1.60. The summed E-state index contributed by atoms with van der Waals surface area (Å²) in [7, 11) is 0. The number of carbonyl (C=O) groups excluding carboxylic acids is 1. The lowest BCUT2D eigenvalue weighted by Gasteiger charge is -2.07. The van der Waals surface area contributed by atoms with Gasteiger partial charge in [0.15, 0.2) is 0 Å². The maximum atomic E-state index is 12.0. The van der Waals surface area contributed by atoms with Crippen LogP contribution in [0, 0.1) is 13.8 Å². The fourth-order valence-electron chi connectivity index (χ4n) is 1.60. The van der Waals surface area contributed by atoms with Crippen LogP contribution in [0.2, 0.25) is 0 Å². The molecule has 1 aromatic heterocycles. The Balaban J connectivity index is 2.22. The van der Waals surface area contributed by atoms with Gasteiger partial charge in [-0.15, -0.1) is 0 Å². The minimum atomic E-state index is -0.281. The van der Waals surface area contributed by atoms with Gasteiger partial charge >= 0.3 is 0 Å². The van der Waals surface area contributed by atoms with Crippen molar-refractivity contribution in [1.82, 2.24) is 4.98 Å². The number of aromatic nitrogens is 1. The number of anilines is 1. The zero-order chi connectivity index (χ0) is 13.1. The average Bonchev–Trinajstić information content (AvgIpc) is 2.34. The first-order valence-corrected chi connectivity index (χ1v) is 5.60. The van der Waals surface area contributed by atoms with E-state index >= 15 is 0 Å². The van der Waals surface area contributed by atoms with Gasteiger partial charge in [0.05, 0.1) is 0 Å². The number of carbonyl (C=O) groups is 1. The van der Waals surface area contributed by atoms with E-state index in [1.54, 1.807) is 31.3 Å². The molecule has 92 valence electrons. The molecule has 1 aromatic carbocycles. The molecule has 0 atom stereocenters. The quantitative estimate of drug-likeness (QED) is 0.851. The summed E-state index contributed by atoms with van der Waals surface area (Å²) in [5.41, 5.74) is 2.51. The number of nitrogens with one attached hydrogen (secondary N) is 1. The summed E-state index contributed by atoms with van der Waals surface area (Å²) in [6.45, 7) is 3.62. The number of benzene rings is 1. The summed E-state index contributed by atoms with van der Waals surface area (Å²) in [6, 6.07) is 8.62. The SMILES string of the molecule is Cc1ccc(NC(=O)c2ncccc2C)cc1O. The lowest BCUT2D eigenvalue weighted by molar-refractivity contribution is 0.102. The van der Waals surface area contributed by atoms with E-state index in [4.69, 9.17) is 0 Å². The Kier molecular flexibility index (Phi) is 3.28. The topological polar surface area (TPSA) is 62.2 Å². The van der Waals surface area contributed by atoms with Crippen LogP contribution in [-0.2, 0) is 0 Å². The minimum Gasteiger partial charge on any atom is -0.508 e. The molecule has 0 radical (unpaired) electrons. The maximum absolute atomic E-state index is 12.0. The van der Waals surface area contributed by atoms with Crippen molar-refractivity contribution in [3.05, 3.63) is 53.3 Å². The van der Waals surface area contributed by atoms with Gasteiger partial charge in [-0.1, -0.05) is 12.1 Å². The van der Waals surface area contributed by atoms with Gasteiger partial charge in [-0.25, -0.2) is 0 Å². The highest BCUT2D eigenvalue weighted by molar-refractivity contribution is 6.03. The normalized spacial score (nSPS) is 10.1. The van der Waals surface area contributed by atoms with Crippen LogP contribution in [0.3, 0.4) is 0 Å². The summed E-state index contributed by atoms with van der Waals surface area (Å²) in [5, 5.41) is 12.3. The molecular formula is C14H14N2O2. The zero-order valence-corrected chi connectivity index (χ0v) is 10.3. The van der Waals surface area contributed by atoms with Crippen LogP contribution in [0.1, 0.15) is 21.6 Å². The summed E-state index contributed by atoms with van der Waals surface area (Å²) >= 11 is 0. The maximum Gasteiger partial charge on any atom is 0.274 e. The average molecular weight is 242 g/mol. The van der Waals surface area contributed by atoms with Crippen molar-refractivity contribution < 1.29 is 9.90 Å². The van der Waals surface area contributed by atoms with Crippen LogP contribution >= 0.6 is 0 Å². The molecule has 4 nitrogen and oxygen atoms in total. The number of nitrogens with zero attached hydrogens (tertiary/aromatic N) is 1. The van der Waals surface area contributed by atoms with Crippen molar-refractivity contribution in [2.75, 3.05) is 5.32 Å². The predicted octanol–water partition coefficient (Wildman–Crippen LogP) is 2.66. The summed E-state index contributed by atoms with van der Waals surface area (Å²) in [4.78, 5) is 16.0. The van der Waals surface area contributed by atoms with Gasteiger partial charge in [-0.2, -0.15) is 0 Å². The molecule has 2 rings (SSSR count). The summed E-state index contributed by atoms with van der Waals surface area (Å²) in [5.74, 6) is -0.123. The third-order valence-corrected chi connectivity index (χ3v) is 2.69. The van der Waals surface area contributed by atoms with Crippen LogP contribution in [0.4, 0.5) is 5.69 Å². The molecule has 18 heavy (non-hydrogen) atoms. The highest BCUT2D eigenvalue weighted by Gasteiger charge is 2.10. The summed E-state index contributed by atoms with van der Waals surface area (Å²) < 4.78 is 0. The Morgan fingerprint density at radius 1 is 1.22 bits per heavy atom. The van der Waals surface area contributed by atoms with Crippen molar-refractivity contribution in [1.29, 1.82) is 0 Å². The molecule has 2 aromatic rings. The van der Waals surface area contributed by atoms with Gasteiger partial charge in [0.2, 0.25) is 0 Å². The molecule has 0 fully saturated rings. The lowest BCUT2D eigenvalue weighted by atomic mass is 10.2. The molecular weight excluding hydrogens is 228 g/mol. The summed E-state index contributed by atoms with van der Waals surface area (Å²) in [6.07, 6.45) is 1.58. The Labute approximate surface area is 105 Å². The van der Waals surface area contributed by atoms with Crippen molar-refractivity contribution in [2.45, 2.75) is 13.8 Å². The molecule has 4 heteroatoms. The van der Waals surface area contributed by atoms with E-state index in [-0.39, 0.29) is 11.7 Å². The fraction of sp³-hybridized carbons (Fsp3) is 0.143. The predicted molar refractivity (Wildman–Crippen MR) is 69.8 cm³/mol. The smallest absolute Gasteiger partial charge is 0.274 e. The van der Waals surface area contributed by atoms with E-state index in [0.29, 0.717) is 11.4 Å². The number of aryl methyl sites for hydroxylation is 2. The first-order valence-electron chi connectivity index (χ1n) is 5.60. The van der Waals surface area contributed by atoms with Crippen LogP contribution < -0.4 is 5.32 Å². The Bertz CT molecular complexity index is 594. The van der Waals surface area contributed by atoms with Crippen LogP contribution in [0.5, 0.6) is 5.75 Å².